The van der Waals surface area contributed by atoms with Crippen LogP contribution in [0, 0.1) is 12.0 Å². The number of allylic oxidation sites excluding steroid dienone is 3. The fraction of sp³-hybridized carbons (Fsp3) is 0.600. The van der Waals surface area contributed by atoms with Gasteiger partial charge in [0, 0.05) is 0 Å². The van der Waals surface area contributed by atoms with Crippen molar-refractivity contribution in [3.05, 3.63) is 23.8 Å². The average Bonchev–Trinajstić information content (AvgIpc) is 1.88. The van der Waals surface area contributed by atoms with Gasteiger partial charge >= 0.3 is 0 Å². The molecule has 0 spiro atoms. The highest BCUT2D eigenvalue weighted by Gasteiger charge is 2.09. The molecule has 0 N–H and O–H groups in total. The number of hydrogen-bond donors (Lipinski definition) is 0. The Hall–Kier alpha value is -0.520. The molecule has 0 heteroatoms. The maximum absolute atomic E-state index is 3.90. The summed E-state index contributed by atoms with van der Waals surface area (Å²) in [6, 6.07) is 0. The van der Waals surface area contributed by atoms with Crippen LogP contribution in [0.4, 0.5) is 0 Å². The van der Waals surface area contributed by atoms with Gasteiger partial charge in [-0.05, 0) is 43.8 Å². The second kappa shape index (κ2) is 3.05. The van der Waals surface area contributed by atoms with Gasteiger partial charge in [0.25, 0.3) is 0 Å². The number of hydrogen-bond acceptors (Lipinski definition) is 0. The summed E-state index contributed by atoms with van der Waals surface area (Å²) in [5.41, 5.74) is 2.56. The quantitative estimate of drug-likeness (QED) is 0.518. The van der Waals surface area contributed by atoms with Gasteiger partial charge in [-0.15, -0.1) is 0 Å². The van der Waals surface area contributed by atoms with E-state index in [2.05, 4.69) is 26.5 Å². The van der Waals surface area contributed by atoms with Gasteiger partial charge in [0.2, 0.25) is 0 Å². The van der Waals surface area contributed by atoms with Crippen molar-refractivity contribution in [2.45, 2.75) is 33.1 Å². The lowest BCUT2D eigenvalue weighted by Gasteiger charge is -2.17. The fourth-order valence-electron chi connectivity index (χ4n) is 1.24. The Morgan fingerprint density at radius 1 is 1.70 bits per heavy atom. The Labute approximate surface area is 63.6 Å². The van der Waals surface area contributed by atoms with Crippen LogP contribution in [0.5, 0.6) is 0 Å². The van der Waals surface area contributed by atoms with Crippen molar-refractivity contribution in [2.24, 2.45) is 5.92 Å². The molecule has 1 aliphatic carbocycles. The highest BCUT2D eigenvalue weighted by Crippen LogP contribution is 2.25. The first-order chi connectivity index (χ1) is 4.70. The monoisotopic (exact) mass is 135 g/mol. The van der Waals surface area contributed by atoms with Crippen LogP contribution < -0.4 is 0 Å². The Kier molecular flexibility index (Phi) is 2.31. The first kappa shape index (κ1) is 7.59. The summed E-state index contributed by atoms with van der Waals surface area (Å²) in [5.74, 6) is 0.836. The molecule has 0 aromatic rings. The summed E-state index contributed by atoms with van der Waals surface area (Å²) in [6.07, 6.45) is 7.02. The molecule has 10 heavy (non-hydrogen) atoms. The van der Waals surface area contributed by atoms with E-state index in [1.54, 1.807) is 0 Å². The lowest BCUT2D eigenvalue weighted by Crippen LogP contribution is -2.02. The third-order valence-corrected chi connectivity index (χ3v) is 2.07. The molecule has 1 rings (SSSR count). The largest absolute Gasteiger partial charge is 0.0958 e. The summed E-state index contributed by atoms with van der Waals surface area (Å²) >= 11 is 0. The molecule has 1 unspecified atom stereocenters. The van der Waals surface area contributed by atoms with Crippen LogP contribution in [0.15, 0.2) is 17.7 Å². The molecule has 1 atom stereocenters. The Morgan fingerprint density at radius 2 is 2.40 bits per heavy atom. The Balaban J connectivity index is 2.56. The lowest BCUT2D eigenvalue weighted by atomic mass is 9.88. The van der Waals surface area contributed by atoms with Gasteiger partial charge in [-0.3, -0.25) is 0 Å². The van der Waals surface area contributed by atoms with Crippen molar-refractivity contribution in [3.63, 3.8) is 0 Å². The zero-order chi connectivity index (χ0) is 7.56. The van der Waals surface area contributed by atoms with Crippen LogP contribution in [0.2, 0.25) is 0 Å². The first-order valence-corrected chi connectivity index (χ1v) is 3.95. The molecule has 0 bridgehead atoms. The van der Waals surface area contributed by atoms with Crippen LogP contribution in [-0.2, 0) is 0 Å². The van der Waals surface area contributed by atoms with E-state index in [9.17, 15) is 0 Å². The van der Waals surface area contributed by atoms with Crippen molar-refractivity contribution >= 4 is 0 Å². The van der Waals surface area contributed by atoms with Gasteiger partial charge in [0.15, 0.2) is 0 Å². The summed E-state index contributed by atoms with van der Waals surface area (Å²) in [6.45, 7) is 8.25. The van der Waals surface area contributed by atoms with Crippen LogP contribution in [0.1, 0.15) is 33.1 Å². The molecule has 0 nitrogen and oxygen atoms in total. The van der Waals surface area contributed by atoms with Crippen molar-refractivity contribution in [1.82, 2.24) is 0 Å². The summed E-state index contributed by atoms with van der Waals surface area (Å²) in [5, 5.41) is 0. The van der Waals surface area contributed by atoms with Crippen LogP contribution in [-0.4, -0.2) is 0 Å². The minimum absolute atomic E-state index is 0.836. The molecule has 0 saturated heterocycles. The van der Waals surface area contributed by atoms with Gasteiger partial charge < -0.3 is 0 Å². The van der Waals surface area contributed by atoms with Gasteiger partial charge in [-0.25, -0.2) is 0 Å². The molecule has 0 aromatic heterocycles. The summed E-state index contributed by atoms with van der Waals surface area (Å²) < 4.78 is 0. The van der Waals surface area contributed by atoms with Crippen LogP contribution >= 0.6 is 0 Å². The van der Waals surface area contributed by atoms with Crippen molar-refractivity contribution in [1.29, 1.82) is 0 Å². The zero-order valence-corrected chi connectivity index (χ0v) is 6.91. The Morgan fingerprint density at radius 3 is 2.80 bits per heavy atom. The van der Waals surface area contributed by atoms with E-state index in [1.807, 2.05) is 0 Å². The minimum atomic E-state index is 0.836. The molecule has 0 fully saturated rings. The second-order valence-corrected chi connectivity index (χ2v) is 3.28. The van der Waals surface area contributed by atoms with E-state index >= 15 is 0 Å². The molecule has 1 radical (unpaired) electrons. The molecule has 0 aliphatic heterocycles. The molecule has 1 aliphatic rings. The van der Waals surface area contributed by atoms with Crippen molar-refractivity contribution < 1.29 is 0 Å². The highest BCUT2D eigenvalue weighted by atomic mass is 14.1. The van der Waals surface area contributed by atoms with E-state index in [1.165, 1.54) is 24.0 Å². The molecule has 0 saturated carbocycles. The summed E-state index contributed by atoms with van der Waals surface area (Å²) in [4.78, 5) is 0. The topological polar surface area (TPSA) is 0 Å². The van der Waals surface area contributed by atoms with Crippen molar-refractivity contribution in [3.8, 4) is 0 Å². The molecular formula is C10H15. The Bertz CT molecular complexity index is 163. The predicted octanol–water partition coefficient (Wildman–Crippen LogP) is 3.11. The lowest BCUT2D eigenvalue weighted by molar-refractivity contribution is 0.507. The summed E-state index contributed by atoms with van der Waals surface area (Å²) in [7, 11) is 0. The SMILES string of the molecule is C=C(C)C1=[C]CC(C)CC1. The second-order valence-electron chi connectivity index (χ2n) is 3.28. The fourth-order valence-corrected chi connectivity index (χ4v) is 1.24. The standard InChI is InChI=1S/C10H15/c1-8(2)10-6-4-9(3)5-7-10/h9H,1,4-6H2,2-3H3. The average molecular weight is 135 g/mol. The maximum atomic E-state index is 3.90. The van der Waals surface area contributed by atoms with Crippen molar-refractivity contribution in [2.75, 3.05) is 0 Å². The smallest absolute Gasteiger partial charge is 0.0247 e. The van der Waals surface area contributed by atoms with Gasteiger partial charge in [0.1, 0.15) is 0 Å². The van der Waals surface area contributed by atoms with Gasteiger partial charge in [-0.1, -0.05) is 19.1 Å². The van der Waals surface area contributed by atoms with E-state index in [-0.39, 0.29) is 0 Å². The van der Waals surface area contributed by atoms with Gasteiger partial charge in [-0.2, -0.15) is 0 Å². The molecule has 0 amide bonds. The van der Waals surface area contributed by atoms with E-state index in [0.29, 0.717) is 0 Å². The highest BCUT2D eigenvalue weighted by molar-refractivity contribution is 5.24. The van der Waals surface area contributed by atoms with E-state index in [4.69, 9.17) is 0 Å². The first-order valence-electron chi connectivity index (χ1n) is 3.95. The number of rotatable bonds is 1. The molecule has 0 heterocycles. The maximum Gasteiger partial charge on any atom is -0.0247 e. The third-order valence-electron chi connectivity index (χ3n) is 2.07. The predicted molar refractivity (Wildman–Crippen MR) is 44.6 cm³/mol. The molecule has 55 valence electrons. The van der Waals surface area contributed by atoms with E-state index < -0.39 is 0 Å². The van der Waals surface area contributed by atoms with Crippen LogP contribution in [0.25, 0.3) is 0 Å². The van der Waals surface area contributed by atoms with Gasteiger partial charge in [0.05, 0.1) is 0 Å². The third kappa shape index (κ3) is 1.73. The molecule has 0 aromatic carbocycles. The normalized spacial score (nSPS) is 25.8. The minimum Gasteiger partial charge on any atom is -0.0958 e. The zero-order valence-electron chi connectivity index (χ0n) is 6.91. The molecular weight excluding hydrogens is 120 g/mol. The van der Waals surface area contributed by atoms with Crippen LogP contribution in [0.3, 0.4) is 0 Å². The van der Waals surface area contributed by atoms with E-state index in [0.717, 1.165) is 12.3 Å².